The maximum absolute atomic E-state index is 12.3. The van der Waals surface area contributed by atoms with Crippen molar-refractivity contribution in [3.8, 4) is 5.69 Å². The van der Waals surface area contributed by atoms with E-state index in [4.69, 9.17) is 0 Å². The number of benzene rings is 1. The molecule has 0 aliphatic heterocycles. The number of rotatable bonds is 6. The number of carbonyl (C=O) groups excluding carboxylic acids is 2. The van der Waals surface area contributed by atoms with Crippen LogP contribution < -0.4 is 5.32 Å². The minimum Gasteiger partial charge on any atom is -0.469 e. The Balaban J connectivity index is 1.68. The molecule has 2 aromatic heterocycles. The Kier molecular flexibility index (Phi) is 5.22. The number of amides is 1. The number of nitrogens with one attached hydrogen (secondary N) is 1. The fourth-order valence-corrected chi connectivity index (χ4v) is 2.85. The van der Waals surface area contributed by atoms with E-state index in [9.17, 15) is 19.7 Å². The predicted molar refractivity (Wildman–Crippen MR) is 96.0 cm³/mol. The van der Waals surface area contributed by atoms with Gasteiger partial charge in [-0.2, -0.15) is 5.10 Å². The lowest BCUT2D eigenvalue weighted by molar-refractivity contribution is -0.384. The maximum atomic E-state index is 12.3. The van der Waals surface area contributed by atoms with Crippen LogP contribution in [0.15, 0.2) is 41.9 Å². The number of esters is 1. The number of ether oxygens (including phenoxy) is 1. The number of non-ortho nitro benzene ring substituents is 1. The van der Waals surface area contributed by atoms with Gasteiger partial charge in [0.05, 0.1) is 29.8 Å². The first-order chi connectivity index (χ1) is 13.0. The topological polar surface area (TPSA) is 129 Å². The van der Waals surface area contributed by atoms with E-state index >= 15 is 0 Å². The molecule has 0 unspecified atom stereocenters. The van der Waals surface area contributed by atoms with Crippen molar-refractivity contribution < 1.29 is 19.2 Å². The monoisotopic (exact) mass is 387 g/mol. The molecule has 0 fully saturated rings. The van der Waals surface area contributed by atoms with E-state index in [1.54, 1.807) is 11.6 Å². The number of methoxy groups -OCH3 is 1. The molecule has 0 saturated carbocycles. The minimum atomic E-state index is -0.492. The van der Waals surface area contributed by atoms with Gasteiger partial charge in [-0.25, -0.2) is 9.67 Å². The number of aromatic nitrogens is 3. The van der Waals surface area contributed by atoms with Gasteiger partial charge in [0.1, 0.15) is 0 Å². The molecule has 0 spiro atoms. The quantitative estimate of drug-likeness (QED) is 0.390. The highest BCUT2D eigenvalue weighted by atomic mass is 32.1. The van der Waals surface area contributed by atoms with Crippen molar-refractivity contribution in [2.75, 3.05) is 12.4 Å². The first-order valence-corrected chi connectivity index (χ1v) is 8.47. The smallest absolute Gasteiger partial charge is 0.311 e. The number of thiazole rings is 1. The average molecular weight is 387 g/mol. The second kappa shape index (κ2) is 7.74. The zero-order valence-corrected chi connectivity index (χ0v) is 14.8. The number of nitro groups is 1. The van der Waals surface area contributed by atoms with Gasteiger partial charge in [0.2, 0.25) is 0 Å². The number of nitro benzene ring substituents is 1. The largest absolute Gasteiger partial charge is 0.469 e. The van der Waals surface area contributed by atoms with Crippen molar-refractivity contribution in [1.29, 1.82) is 0 Å². The highest BCUT2D eigenvalue weighted by molar-refractivity contribution is 7.14. The van der Waals surface area contributed by atoms with Crippen LogP contribution in [0, 0.1) is 10.1 Å². The lowest BCUT2D eigenvalue weighted by Crippen LogP contribution is -2.13. The molecule has 27 heavy (non-hydrogen) atoms. The molecule has 0 aliphatic rings. The summed E-state index contributed by atoms with van der Waals surface area (Å²) in [5.41, 5.74) is 1.20. The highest BCUT2D eigenvalue weighted by Crippen LogP contribution is 2.18. The molecule has 11 heteroatoms. The molecular formula is C16H13N5O5S. The Morgan fingerprint density at radius 3 is 2.70 bits per heavy atom. The molecule has 0 aliphatic carbocycles. The van der Waals surface area contributed by atoms with E-state index in [0.717, 1.165) is 0 Å². The van der Waals surface area contributed by atoms with Crippen LogP contribution in [-0.2, 0) is 16.0 Å². The zero-order chi connectivity index (χ0) is 19.4. The number of anilines is 1. The van der Waals surface area contributed by atoms with Crippen LogP contribution in [0.1, 0.15) is 16.2 Å². The third-order valence-electron chi connectivity index (χ3n) is 3.47. The second-order valence-electron chi connectivity index (χ2n) is 5.27. The summed E-state index contributed by atoms with van der Waals surface area (Å²) in [4.78, 5) is 37.9. The fourth-order valence-electron chi connectivity index (χ4n) is 2.14. The summed E-state index contributed by atoms with van der Waals surface area (Å²) in [6.07, 6.45) is 1.60. The van der Waals surface area contributed by atoms with E-state index < -0.39 is 16.8 Å². The van der Waals surface area contributed by atoms with Gasteiger partial charge in [0.15, 0.2) is 10.8 Å². The van der Waals surface area contributed by atoms with Gasteiger partial charge in [-0.3, -0.25) is 25.0 Å². The van der Waals surface area contributed by atoms with Gasteiger partial charge in [-0.05, 0) is 18.2 Å². The van der Waals surface area contributed by atoms with Crippen LogP contribution in [-0.4, -0.2) is 38.7 Å². The van der Waals surface area contributed by atoms with Gasteiger partial charge in [-0.1, -0.05) is 0 Å². The lowest BCUT2D eigenvalue weighted by atomic mass is 10.3. The summed E-state index contributed by atoms with van der Waals surface area (Å²) in [6, 6.07) is 7.30. The Morgan fingerprint density at radius 2 is 2.04 bits per heavy atom. The Labute approximate surface area is 156 Å². The molecule has 1 N–H and O–H groups in total. The molecule has 0 bridgehead atoms. The molecular weight excluding hydrogens is 374 g/mol. The molecule has 2 heterocycles. The van der Waals surface area contributed by atoms with Crippen molar-refractivity contribution in [2.24, 2.45) is 0 Å². The predicted octanol–water partition coefficient (Wildman–Crippen LogP) is 2.20. The Bertz CT molecular complexity index is 995. The molecule has 1 amide bonds. The summed E-state index contributed by atoms with van der Waals surface area (Å²) < 4.78 is 6.00. The number of nitrogens with zero attached hydrogens (tertiary/aromatic N) is 4. The third kappa shape index (κ3) is 4.33. The molecule has 0 atom stereocenters. The lowest BCUT2D eigenvalue weighted by Gasteiger charge is -2.01. The highest BCUT2D eigenvalue weighted by Gasteiger charge is 2.14. The van der Waals surface area contributed by atoms with Crippen LogP contribution in [0.2, 0.25) is 0 Å². The molecule has 0 radical (unpaired) electrons. The van der Waals surface area contributed by atoms with Crippen LogP contribution >= 0.6 is 11.3 Å². The first-order valence-electron chi connectivity index (χ1n) is 7.59. The standard InChI is InChI=1S/C16H13N5O5S/c1-26-14(22)8-10-9-27-16(17-10)18-15(23)13-6-7-20(19-13)11-2-4-12(5-3-11)21(24)25/h2-7,9H,8H2,1H3,(H,17,18,23). The molecule has 3 rings (SSSR count). The summed E-state index contributed by atoms with van der Waals surface area (Å²) >= 11 is 1.18. The maximum Gasteiger partial charge on any atom is 0.311 e. The summed E-state index contributed by atoms with van der Waals surface area (Å²) in [6.45, 7) is 0. The van der Waals surface area contributed by atoms with Crippen LogP contribution in [0.25, 0.3) is 5.69 Å². The number of hydrogen-bond donors (Lipinski definition) is 1. The second-order valence-corrected chi connectivity index (χ2v) is 6.13. The van der Waals surface area contributed by atoms with Crippen molar-refractivity contribution in [3.63, 3.8) is 0 Å². The Morgan fingerprint density at radius 1 is 1.30 bits per heavy atom. The van der Waals surface area contributed by atoms with Gasteiger partial charge < -0.3 is 4.74 Å². The van der Waals surface area contributed by atoms with Gasteiger partial charge in [-0.15, -0.1) is 11.3 Å². The van der Waals surface area contributed by atoms with Gasteiger partial charge in [0, 0.05) is 23.7 Å². The first kappa shape index (κ1) is 18.2. The molecule has 0 saturated heterocycles. The van der Waals surface area contributed by atoms with Crippen molar-refractivity contribution >= 4 is 34.0 Å². The van der Waals surface area contributed by atoms with Crippen LogP contribution in [0.4, 0.5) is 10.8 Å². The minimum absolute atomic E-state index is 0.0254. The Hall–Kier alpha value is -3.60. The zero-order valence-electron chi connectivity index (χ0n) is 14.0. The van der Waals surface area contributed by atoms with Crippen LogP contribution in [0.3, 0.4) is 0 Å². The number of carbonyl (C=O) groups is 2. The molecule has 138 valence electrons. The number of hydrogen-bond acceptors (Lipinski definition) is 8. The van der Waals surface area contributed by atoms with Crippen molar-refractivity contribution in [1.82, 2.24) is 14.8 Å². The van der Waals surface area contributed by atoms with E-state index in [-0.39, 0.29) is 17.8 Å². The van der Waals surface area contributed by atoms with Gasteiger partial charge in [0.25, 0.3) is 11.6 Å². The van der Waals surface area contributed by atoms with E-state index in [0.29, 0.717) is 16.5 Å². The summed E-state index contributed by atoms with van der Waals surface area (Å²) in [7, 11) is 1.29. The van der Waals surface area contributed by atoms with Crippen molar-refractivity contribution in [2.45, 2.75) is 6.42 Å². The molecule has 3 aromatic rings. The SMILES string of the molecule is COC(=O)Cc1csc(NC(=O)c2ccn(-c3ccc([N+](=O)[O-])cc3)n2)n1. The molecule has 1 aromatic carbocycles. The van der Waals surface area contributed by atoms with Gasteiger partial charge >= 0.3 is 5.97 Å². The van der Waals surface area contributed by atoms with E-state index in [1.807, 2.05) is 0 Å². The third-order valence-corrected chi connectivity index (χ3v) is 4.28. The fraction of sp³-hybridized carbons (Fsp3) is 0.125. The van der Waals surface area contributed by atoms with E-state index in [2.05, 4.69) is 20.1 Å². The average Bonchev–Trinajstić information content (AvgIpc) is 3.31. The molecule has 10 nitrogen and oxygen atoms in total. The normalized spacial score (nSPS) is 10.4. The van der Waals surface area contributed by atoms with Crippen molar-refractivity contribution in [3.05, 3.63) is 63.4 Å². The van der Waals surface area contributed by atoms with E-state index in [1.165, 1.54) is 53.5 Å². The summed E-state index contributed by atoms with van der Waals surface area (Å²) in [5.74, 6) is -0.880. The summed E-state index contributed by atoms with van der Waals surface area (Å²) in [5, 5.41) is 19.5. The van der Waals surface area contributed by atoms with Crippen LogP contribution in [0.5, 0.6) is 0 Å².